The summed E-state index contributed by atoms with van der Waals surface area (Å²) in [5.74, 6) is 0.671. The van der Waals surface area contributed by atoms with Gasteiger partial charge in [0.2, 0.25) is 0 Å². The van der Waals surface area contributed by atoms with Gasteiger partial charge >= 0.3 is 6.01 Å². The van der Waals surface area contributed by atoms with E-state index in [0.717, 1.165) is 12.8 Å². The fourth-order valence-electron chi connectivity index (χ4n) is 1.57. The van der Waals surface area contributed by atoms with E-state index in [2.05, 4.69) is 16.9 Å². The van der Waals surface area contributed by atoms with Crippen molar-refractivity contribution in [1.29, 1.82) is 5.26 Å². The SMILES string of the molecule is CCCc1ccc(Oc2nccc(C#N)n2)cc1. The van der Waals surface area contributed by atoms with Crippen LogP contribution >= 0.6 is 0 Å². The van der Waals surface area contributed by atoms with Crippen molar-refractivity contribution < 1.29 is 4.74 Å². The van der Waals surface area contributed by atoms with Gasteiger partial charge in [-0.2, -0.15) is 10.2 Å². The van der Waals surface area contributed by atoms with Crippen LogP contribution in [0, 0.1) is 11.3 Å². The summed E-state index contributed by atoms with van der Waals surface area (Å²) in [5.41, 5.74) is 1.57. The average Bonchev–Trinajstić information content (AvgIpc) is 2.42. The molecule has 0 aliphatic heterocycles. The summed E-state index contributed by atoms with van der Waals surface area (Å²) in [4.78, 5) is 7.91. The molecule has 0 N–H and O–H groups in total. The second kappa shape index (κ2) is 5.78. The number of hydrogen-bond donors (Lipinski definition) is 0. The zero-order chi connectivity index (χ0) is 12.8. The molecule has 0 spiro atoms. The monoisotopic (exact) mass is 239 g/mol. The van der Waals surface area contributed by atoms with Gasteiger partial charge in [0.25, 0.3) is 0 Å². The van der Waals surface area contributed by atoms with Crippen LogP contribution in [0.25, 0.3) is 0 Å². The molecule has 0 atom stereocenters. The maximum Gasteiger partial charge on any atom is 0.323 e. The van der Waals surface area contributed by atoms with E-state index in [-0.39, 0.29) is 6.01 Å². The Morgan fingerprint density at radius 2 is 2.00 bits per heavy atom. The summed E-state index contributed by atoms with van der Waals surface area (Å²) in [5, 5.41) is 8.73. The summed E-state index contributed by atoms with van der Waals surface area (Å²) < 4.78 is 5.48. The zero-order valence-corrected chi connectivity index (χ0v) is 10.1. The highest BCUT2D eigenvalue weighted by Crippen LogP contribution is 2.18. The number of aryl methyl sites for hydroxylation is 1. The largest absolute Gasteiger partial charge is 0.424 e. The molecule has 0 fully saturated rings. The van der Waals surface area contributed by atoms with Crippen LogP contribution in [-0.4, -0.2) is 9.97 Å². The second-order valence-electron chi connectivity index (χ2n) is 3.83. The van der Waals surface area contributed by atoms with Gasteiger partial charge in [-0.15, -0.1) is 0 Å². The molecular weight excluding hydrogens is 226 g/mol. The van der Waals surface area contributed by atoms with Gasteiger partial charge in [-0.25, -0.2) is 4.98 Å². The molecule has 0 radical (unpaired) electrons. The maximum atomic E-state index is 8.73. The zero-order valence-electron chi connectivity index (χ0n) is 10.1. The van der Waals surface area contributed by atoms with Crippen LogP contribution in [-0.2, 0) is 6.42 Å². The highest BCUT2D eigenvalue weighted by Gasteiger charge is 2.02. The van der Waals surface area contributed by atoms with Crippen LogP contribution in [0.4, 0.5) is 0 Å². The first kappa shape index (κ1) is 12.1. The molecule has 2 rings (SSSR count). The molecule has 18 heavy (non-hydrogen) atoms. The number of aromatic nitrogens is 2. The third-order valence-electron chi connectivity index (χ3n) is 2.42. The lowest BCUT2D eigenvalue weighted by Gasteiger charge is -2.04. The first-order valence-corrected chi connectivity index (χ1v) is 5.81. The Labute approximate surface area is 106 Å². The molecule has 0 saturated heterocycles. The highest BCUT2D eigenvalue weighted by molar-refractivity contribution is 5.30. The summed E-state index contributed by atoms with van der Waals surface area (Å²) in [6.07, 6.45) is 3.68. The number of nitriles is 1. The fourth-order valence-corrected chi connectivity index (χ4v) is 1.57. The van der Waals surface area contributed by atoms with Crippen molar-refractivity contribution in [3.8, 4) is 17.8 Å². The van der Waals surface area contributed by atoms with Crippen molar-refractivity contribution >= 4 is 0 Å². The molecule has 1 heterocycles. The van der Waals surface area contributed by atoms with Crippen LogP contribution in [0.3, 0.4) is 0 Å². The van der Waals surface area contributed by atoms with E-state index in [0.29, 0.717) is 11.4 Å². The molecule has 1 aromatic heterocycles. The van der Waals surface area contributed by atoms with Crippen LogP contribution < -0.4 is 4.74 Å². The summed E-state index contributed by atoms with van der Waals surface area (Å²) >= 11 is 0. The Bertz CT molecular complexity index is 558. The molecule has 4 heteroatoms. The lowest BCUT2D eigenvalue weighted by molar-refractivity contribution is 0.441. The minimum absolute atomic E-state index is 0.192. The van der Waals surface area contributed by atoms with E-state index in [4.69, 9.17) is 10.00 Å². The molecule has 0 aliphatic carbocycles. The summed E-state index contributed by atoms with van der Waals surface area (Å²) in [6, 6.07) is 11.5. The van der Waals surface area contributed by atoms with Crippen LogP contribution in [0.5, 0.6) is 11.8 Å². The first-order valence-electron chi connectivity index (χ1n) is 5.81. The third-order valence-corrected chi connectivity index (χ3v) is 2.42. The Morgan fingerprint density at radius 3 is 2.67 bits per heavy atom. The minimum Gasteiger partial charge on any atom is -0.424 e. The highest BCUT2D eigenvalue weighted by atomic mass is 16.5. The van der Waals surface area contributed by atoms with E-state index < -0.39 is 0 Å². The molecule has 2 aromatic rings. The topological polar surface area (TPSA) is 58.8 Å². The lowest BCUT2D eigenvalue weighted by Crippen LogP contribution is -1.93. The van der Waals surface area contributed by atoms with E-state index in [1.165, 1.54) is 17.8 Å². The Kier molecular flexibility index (Phi) is 3.87. The maximum absolute atomic E-state index is 8.73. The van der Waals surface area contributed by atoms with Crippen molar-refractivity contribution in [2.75, 3.05) is 0 Å². The van der Waals surface area contributed by atoms with Gasteiger partial charge in [0.1, 0.15) is 17.5 Å². The molecule has 0 bridgehead atoms. The average molecular weight is 239 g/mol. The van der Waals surface area contributed by atoms with Gasteiger partial charge in [-0.05, 0) is 30.2 Å². The Balaban J connectivity index is 2.11. The van der Waals surface area contributed by atoms with Gasteiger partial charge < -0.3 is 4.74 Å². The standard InChI is InChI=1S/C14H13N3O/c1-2-3-11-4-6-13(7-5-11)18-14-16-9-8-12(10-15)17-14/h4-9H,2-3H2,1H3. The van der Waals surface area contributed by atoms with Crippen molar-refractivity contribution in [1.82, 2.24) is 9.97 Å². The van der Waals surface area contributed by atoms with Crippen LogP contribution in [0.1, 0.15) is 24.6 Å². The lowest BCUT2D eigenvalue weighted by atomic mass is 10.1. The van der Waals surface area contributed by atoms with E-state index in [1.807, 2.05) is 30.3 Å². The van der Waals surface area contributed by atoms with Crippen molar-refractivity contribution in [2.45, 2.75) is 19.8 Å². The van der Waals surface area contributed by atoms with E-state index >= 15 is 0 Å². The Hall–Kier alpha value is -2.41. The molecule has 4 nitrogen and oxygen atoms in total. The number of ether oxygens (including phenoxy) is 1. The summed E-state index contributed by atoms with van der Waals surface area (Å²) in [7, 11) is 0. The molecule has 0 aliphatic rings. The van der Waals surface area contributed by atoms with Crippen molar-refractivity contribution in [3.05, 3.63) is 47.8 Å². The molecule has 0 amide bonds. The smallest absolute Gasteiger partial charge is 0.323 e. The molecule has 0 unspecified atom stereocenters. The number of nitrogens with zero attached hydrogens (tertiary/aromatic N) is 3. The minimum atomic E-state index is 0.192. The number of hydrogen-bond acceptors (Lipinski definition) is 4. The fraction of sp³-hybridized carbons (Fsp3) is 0.214. The molecule has 0 saturated carbocycles. The van der Waals surface area contributed by atoms with Crippen molar-refractivity contribution in [2.24, 2.45) is 0 Å². The first-order chi connectivity index (χ1) is 8.81. The molecular formula is C14H13N3O. The van der Waals surface area contributed by atoms with E-state index in [9.17, 15) is 0 Å². The Morgan fingerprint density at radius 1 is 1.22 bits per heavy atom. The van der Waals surface area contributed by atoms with Gasteiger partial charge in [0, 0.05) is 6.20 Å². The van der Waals surface area contributed by atoms with Gasteiger partial charge in [-0.3, -0.25) is 0 Å². The normalized spacial score (nSPS) is 9.78. The van der Waals surface area contributed by atoms with Crippen LogP contribution in [0.2, 0.25) is 0 Å². The second-order valence-corrected chi connectivity index (χ2v) is 3.83. The molecule has 90 valence electrons. The quantitative estimate of drug-likeness (QED) is 0.822. The van der Waals surface area contributed by atoms with Gasteiger partial charge in [0.15, 0.2) is 0 Å². The van der Waals surface area contributed by atoms with Crippen molar-refractivity contribution in [3.63, 3.8) is 0 Å². The summed E-state index contributed by atoms with van der Waals surface area (Å²) in [6.45, 7) is 2.14. The van der Waals surface area contributed by atoms with E-state index in [1.54, 1.807) is 0 Å². The molecule has 1 aromatic carbocycles. The van der Waals surface area contributed by atoms with Crippen LogP contribution in [0.15, 0.2) is 36.5 Å². The number of rotatable bonds is 4. The predicted octanol–water partition coefficient (Wildman–Crippen LogP) is 3.09. The van der Waals surface area contributed by atoms with Gasteiger partial charge in [0.05, 0.1) is 0 Å². The predicted molar refractivity (Wildman–Crippen MR) is 67.3 cm³/mol. The number of benzene rings is 1. The third kappa shape index (κ3) is 3.05. The van der Waals surface area contributed by atoms with Gasteiger partial charge in [-0.1, -0.05) is 25.5 Å².